The van der Waals surface area contributed by atoms with Crippen LogP contribution >= 0.6 is 0 Å². The van der Waals surface area contributed by atoms with Crippen molar-refractivity contribution < 1.29 is 19.0 Å². The summed E-state index contributed by atoms with van der Waals surface area (Å²) < 4.78 is 15.7. The SMILES string of the molecule is COc1ccc(C(=O)C2CCCO2)c(OC)c1. The van der Waals surface area contributed by atoms with Crippen LogP contribution in [0.5, 0.6) is 11.5 Å². The zero-order chi connectivity index (χ0) is 12.3. The highest BCUT2D eigenvalue weighted by Gasteiger charge is 2.27. The molecule has 1 fully saturated rings. The maximum absolute atomic E-state index is 12.2. The van der Waals surface area contributed by atoms with E-state index in [0.29, 0.717) is 23.7 Å². The predicted octanol–water partition coefficient (Wildman–Crippen LogP) is 2.07. The minimum atomic E-state index is -0.322. The highest BCUT2D eigenvalue weighted by Crippen LogP contribution is 2.28. The number of methoxy groups -OCH3 is 2. The second kappa shape index (κ2) is 5.19. The first-order valence-corrected chi connectivity index (χ1v) is 5.64. The summed E-state index contributed by atoms with van der Waals surface area (Å²) >= 11 is 0. The molecule has 4 heteroatoms. The normalized spacial score (nSPS) is 19.1. The van der Waals surface area contributed by atoms with Gasteiger partial charge in [-0.3, -0.25) is 4.79 Å². The third-order valence-electron chi connectivity index (χ3n) is 2.90. The van der Waals surface area contributed by atoms with Gasteiger partial charge in [-0.05, 0) is 25.0 Å². The van der Waals surface area contributed by atoms with Crippen LogP contribution in [0.15, 0.2) is 18.2 Å². The molecule has 1 aromatic rings. The Bertz CT molecular complexity index is 408. The summed E-state index contributed by atoms with van der Waals surface area (Å²) in [6.07, 6.45) is 1.40. The molecule has 0 N–H and O–H groups in total. The Morgan fingerprint density at radius 3 is 2.76 bits per heavy atom. The molecule has 1 atom stereocenters. The molecule has 2 rings (SSSR count). The van der Waals surface area contributed by atoms with Gasteiger partial charge in [-0.25, -0.2) is 0 Å². The van der Waals surface area contributed by atoms with Crippen molar-refractivity contribution in [3.8, 4) is 11.5 Å². The van der Waals surface area contributed by atoms with Gasteiger partial charge in [0.25, 0.3) is 0 Å². The van der Waals surface area contributed by atoms with Crippen LogP contribution in [-0.4, -0.2) is 32.7 Å². The number of ketones is 1. The lowest BCUT2D eigenvalue weighted by Crippen LogP contribution is -2.20. The van der Waals surface area contributed by atoms with Crippen LogP contribution in [0.4, 0.5) is 0 Å². The van der Waals surface area contributed by atoms with Crippen LogP contribution in [-0.2, 0) is 4.74 Å². The summed E-state index contributed by atoms with van der Waals surface area (Å²) in [4.78, 5) is 12.2. The van der Waals surface area contributed by atoms with E-state index in [-0.39, 0.29) is 11.9 Å². The number of carbonyl (C=O) groups is 1. The fraction of sp³-hybridized carbons (Fsp3) is 0.462. The van der Waals surface area contributed by atoms with Crippen molar-refractivity contribution in [2.75, 3.05) is 20.8 Å². The summed E-state index contributed by atoms with van der Waals surface area (Å²) in [6.45, 7) is 0.662. The molecule has 0 amide bonds. The molecule has 0 spiro atoms. The first kappa shape index (κ1) is 11.9. The molecule has 17 heavy (non-hydrogen) atoms. The number of carbonyl (C=O) groups excluding carboxylic acids is 1. The minimum Gasteiger partial charge on any atom is -0.497 e. The Morgan fingerprint density at radius 1 is 1.35 bits per heavy atom. The van der Waals surface area contributed by atoms with Gasteiger partial charge in [0.05, 0.1) is 19.8 Å². The minimum absolute atomic E-state index is 0.0120. The summed E-state index contributed by atoms with van der Waals surface area (Å²) in [5.41, 5.74) is 0.556. The number of Topliss-reactive ketones (excluding diaryl/α,β-unsaturated/α-hetero) is 1. The van der Waals surface area contributed by atoms with E-state index >= 15 is 0 Å². The molecule has 1 aliphatic heterocycles. The van der Waals surface area contributed by atoms with Crippen molar-refractivity contribution in [1.82, 2.24) is 0 Å². The zero-order valence-electron chi connectivity index (χ0n) is 10.1. The van der Waals surface area contributed by atoms with E-state index in [1.807, 2.05) is 0 Å². The van der Waals surface area contributed by atoms with E-state index in [2.05, 4.69) is 0 Å². The van der Waals surface area contributed by atoms with E-state index in [9.17, 15) is 4.79 Å². The van der Waals surface area contributed by atoms with E-state index in [0.717, 1.165) is 12.8 Å². The molecule has 0 bridgehead atoms. The van der Waals surface area contributed by atoms with Gasteiger partial charge < -0.3 is 14.2 Å². The van der Waals surface area contributed by atoms with Gasteiger partial charge in [-0.2, -0.15) is 0 Å². The maximum Gasteiger partial charge on any atom is 0.195 e. The third-order valence-corrected chi connectivity index (χ3v) is 2.90. The van der Waals surface area contributed by atoms with Gasteiger partial charge in [-0.15, -0.1) is 0 Å². The van der Waals surface area contributed by atoms with Crippen molar-refractivity contribution in [3.05, 3.63) is 23.8 Å². The molecule has 4 nitrogen and oxygen atoms in total. The average Bonchev–Trinajstić information content (AvgIpc) is 2.91. The smallest absolute Gasteiger partial charge is 0.195 e. The number of ether oxygens (including phenoxy) is 3. The van der Waals surface area contributed by atoms with Gasteiger partial charge in [-0.1, -0.05) is 0 Å². The largest absolute Gasteiger partial charge is 0.497 e. The fourth-order valence-electron chi connectivity index (χ4n) is 1.96. The van der Waals surface area contributed by atoms with Crippen molar-refractivity contribution in [1.29, 1.82) is 0 Å². The molecule has 92 valence electrons. The Hall–Kier alpha value is -1.55. The fourth-order valence-corrected chi connectivity index (χ4v) is 1.96. The second-order valence-electron chi connectivity index (χ2n) is 3.93. The average molecular weight is 236 g/mol. The lowest BCUT2D eigenvalue weighted by Gasteiger charge is -2.12. The van der Waals surface area contributed by atoms with Crippen molar-refractivity contribution >= 4 is 5.78 Å². The maximum atomic E-state index is 12.2. The first-order valence-electron chi connectivity index (χ1n) is 5.64. The summed E-state index contributed by atoms with van der Waals surface area (Å²) in [7, 11) is 3.12. The lowest BCUT2D eigenvalue weighted by atomic mass is 10.0. The van der Waals surface area contributed by atoms with Gasteiger partial charge >= 0.3 is 0 Å². The third kappa shape index (κ3) is 2.42. The summed E-state index contributed by atoms with van der Waals surface area (Å²) in [5, 5.41) is 0. The number of rotatable bonds is 4. The van der Waals surface area contributed by atoms with E-state index in [1.54, 1.807) is 32.4 Å². The Labute approximate surface area is 100 Å². The molecule has 1 heterocycles. The van der Waals surface area contributed by atoms with Gasteiger partial charge in [0, 0.05) is 12.7 Å². The van der Waals surface area contributed by atoms with Gasteiger partial charge in [0.1, 0.15) is 17.6 Å². The number of hydrogen-bond donors (Lipinski definition) is 0. The molecular formula is C13H16O4. The molecule has 0 aliphatic carbocycles. The van der Waals surface area contributed by atoms with Crippen molar-refractivity contribution in [3.63, 3.8) is 0 Å². The highest BCUT2D eigenvalue weighted by molar-refractivity contribution is 6.02. The molecule has 1 saturated heterocycles. The van der Waals surface area contributed by atoms with Crippen molar-refractivity contribution in [2.24, 2.45) is 0 Å². The van der Waals surface area contributed by atoms with Crippen molar-refractivity contribution in [2.45, 2.75) is 18.9 Å². The van der Waals surface area contributed by atoms with Crippen LogP contribution in [0.2, 0.25) is 0 Å². The second-order valence-corrected chi connectivity index (χ2v) is 3.93. The molecule has 1 aromatic carbocycles. The number of benzene rings is 1. The quantitative estimate of drug-likeness (QED) is 0.751. The standard InChI is InChI=1S/C13H16O4/c1-15-9-5-6-10(12(8-9)16-2)13(14)11-4-3-7-17-11/h5-6,8,11H,3-4,7H2,1-2H3. The van der Waals surface area contributed by atoms with E-state index in [1.165, 1.54) is 0 Å². The number of hydrogen-bond acceptors (Lipinski definition) is 4. The molecule has 0 radical (unpaired) electrons. The van der Waals surface area contributed by atoms with Gasteiger partial charge in [0.15, 0.2) is 5.78 Å². The summed E-state index contributed by atoms with van der Waals surface area (Å²) in [6, 6.07) is 5.19. The Morgan fingerprint density at radius 2 is 2.18 bits per heavy atom. The Balaban J connectivity index is 2.27. The van der Waals surface area contributed by atoms with Crippen LogP contribution in [0.3, 0.4) is 0 Å². The molecular weight excluding hydrogens is 220 g/mol. The highest BCUT2D eigenvalue weighted by atomic mass is 16.5. The molecule has 0 saturated carbocycles. The molecule has 1 unspecified atom stereocenters. The zero-order valence-corrected chi connectivity index (χ0v) is 10.1. The lowest BCUT2D eigenvalue weighted by molar-refractivity contribution is 0.0640. The van der Waals surface area contributed by atoms with Crippen LogP contribution in [0.1, 0.15) is 23.2 Å². The van der Waals surface area contributed by atoms with Crippen LogP contribution in [0.25, 0.3) is 0 Å². The van der Waals surface area contributed by atoms with Crippen LogP contribution in [0, 0.1) is 0 Å². The monoisotopic (exact) mass is 236 g/mol. The molecule has 0 aromatic heterocycles. The van der Waals surface area contributed by atoms with Crippen LogP contribution < -0.4 is 9.47 Å². The van der Waals surface area contributed by atoms with E-state index < -0.39 is 0 Å². The Kier molecular flexibility index (Phi) is 3.64. The molecule has 1 aliphatic rings. The predicted molar refractivity (Wildman–Crippen MR) is 62.9 cm³/mol. The first-order chi connectivity index (χ1) is 8.26. The summed E-state index contributed by atoms with van der Waals surface area (Å²) in [5.74, 6) is 1.19. The topological polar surface area (TPSA) is 44.8 Å². The van der Waals surface area contributed by atoms with E-state index in [4.69, 9.17) is 14.2 Å². The van der Waals surface area contributed by atoms with Gasteiger partial charge in [0.2, 0.25) is 0 Å².